The predicted molar refractivity (Wildman–Crippen MR) is 153 cm³/mol. The van der Waals surface area contributed by atoms with Crippen LogP contribution < -0.4 is 14.8 Å². The van der Waals surface area contributed by atoms with Crippen molar-refractivity contribution < 1.29 is 27.5 Å². The molecule has 3 heterocycles. The molecule has 2 bridgehead atoms. The summed E-state index contributed by atoms with van der Waals surface area (Å²) in [5.41, 5.74) is 3.13. The molecule has 4 aliphatic rings. The van der Waals surface area contributed by atoms with E-state index in [1.165, 1.54) is 11.1 Å². The monoisotopic (exact) mass is 582 g/mol. The Kier molecular flexibility index (Phi) is 8.04. The second kappa shape index (κ2) is 11.7. The van der Waals surface area contributed by atoms with Crippen LogP contribution in [0.3, 0.4) is 0 Å². The lowest BCUT2D eigenvalue weighted by Crippen LogP contribution is -2.63. The summed E-state index contributed by atoms with van der Waals surface area (Å²) >= 11 is 0. The number of hydrogen-bond donors (Lipinski definition) is 2. The highest BCUT2D eigenvalue weighted by atomic mass is 32.2. The van der Waals surface area contributed by atoms with Crippen molar-refractivity contribution in [2.45, 2.75) is 62.4 Å². The largest absolute Gasteiger partial charge is 0.493 e. The van der Waals surface area contributed by atoms with E-state index in [-0.39, 0.29) is 30.5 Å². The summed E-state index contributed by atoms with van der Waals surface area (Å²) in [5.74, 6) is 0.00412. The summed E-state index contributed by atoms with van der Waals surface area (Å²) in [7, 11) is -3.46. The van der Waals surface area contributed by atoms with Gasteiger partial charge in [-0.2, -0.15) is 0 Å². The lowest BCUT2D eigenvalue weighted by molar-refractivity contribution is -0.130. The van der Waals surface area contributed by atoms with Crippen LogP contribution in [0.4, 0.5) is 0 Å². The van der Waals surface area contributed by atoms with Gasteiger partial charge in [0, 0.05) is 44.7 Å². The number of nitrogens with one attached hydrogen (secondary N) is 2. The average molecular weight is 583 g/mol. The van der Waals surface area contributed by atoms with Gasteiger partial charge in [0.2, 0.25) is 15.9 Å². The number of carbonyl (C=O) groups excluding carboxylic acids is 2. The molecule has 2 aromatic carbocycles. The topological polar surface area (TPSA) is 117 Å². The average Bonchev–Trinajstić information content (AvgIpc) is 3.40. The molecule has 1 aliphatic carbocycles. The van der Waals surface area contributed by atoms with Crippen LogP contribution in [0.25, 0.3) is 0 Å². The van der Waals surface area contributed by atoms with Crippen LogP contribution in [0.5, 0.6) is 5.75 Å². The molecule has 2 amide bonds. The van der Waals surface area contributed by atoms with E-state index >= 15 is 0 Å². The number of hydrogen-bond acceptors (Lipinski definition) is 7. The molecule has 0 radical (unpaired) electrons. The Labute approximate surface area is 241 Å². The Balaban J connectivity index is 1.27. The van der Waals surface area contributed by atoms with E-state index in [1.807, 2.05) is 12.1 Å². The van der Waals surface area contributed by atoms with Crippen molar-refractivity contribution >= 4 is 21.8 Å². The number of nitrogens with zero attached hydrogens (tertiary/aromatic N) is 2. The number of para-hydroxylation sites is 1. The number of benzene rings is 2. The minimum Gasteiger partial charge on any atom is -0.493 e. The van der Waals surface area contributed by atoms with Crippen LogP contribution in [-0.2, 0) is 32.4 Å². The van der Waals surface area contributed by atoms with Crippen LogP contribution >= 0.6 is 0 Å². The van der Waals surface area contributed by atoms with Gasteiger partial charge in [-0.15, -0.1) is 0 Å². The Morgan fingerprint density at radius 3 is 2.44 bits per heavy atom. The second-order valence-electron chi connectivity index (χ2n) is 11.6. The fourth-order valence-corrected chi connectivity index (χ4v) is 7.53. The van der Waals surface area contributed by atoms with Gasteiger partial charge < -0.3 is 19.7 Å². The maximum atomic E-state index is 13.9. The fraction of sp³-hybridized carbons (Fsp3) is 0.533. The van der Waals surface area contributed by atoms with E-state index in [9.17, 15) is 18.0 Å². The van der Waals surface area contributed by atoms with Crippen molar-refractivity contribution in [1.82, 2.24) is 19.8 Å². The molecule has 10 nitrogen and oxygen atoms in total. The summed E-state index contributed by atoms with van der Waals surface area (Å²) in [5, 5.41) is 3.03. The molecular formula is C30H38N4O6S. The van der Waals surface area contributed by atoms with Crippen LogP contribution in [-0.4, -0.2) is 99.4 Å². The van der Waals surface area contributed by atoms with Gasteiger partial charge in [0.25, 0.3) is 5.91 Å². The third-order valence-electron chi connectivity index (χ3n) is 8.79. The maximum absolute atomic E-state index is 13.9. The number of sulfonamides is 1. The van der Waals surface area contributed by atoms with Crippen LogP contribution in [0.2, 0.25) is 0 Å². The SMILES string of the molecule is CS(=O)(=O)N[C@@H]1CC[C@H]2CCOc3ccccc3C(=O)N3CCN(C4Cc5ccccc5C4)C[C@H]3C(=O)NC[C@H]1O2. The molecule has 0 saturated carbocycles. The zero-order valence-electron chi connectivity index (χ0n) is 23.3. The summed E-state index contributed by atoms with van der Waals surface area (Å²) in [6, 6.07) is 14.8. The first kappa shape index (κ1) is 28.1. The first-order valence-electron chi connectivity index (χ1n) is 14.5. The molecule has 11 heteroatoms. The van der Waals surface area contributed by atoms with Crippen molar-refractivity contribution in [3.8, 4) is 5.75 Å². The normalized spacial score (nSPS) is 28.1. The van der Waals surface area contributed by atoms with Gasteiger partial charge in [0.1, 0.15) is 11.8 Å². The highest BCUT2D eigenvalue weighted by Gasteiger charge is 2.41. The van der Waals surface area contributed by atoms with E-state index in [1.54, 1.807) is 17.0 Å². The first-order valence-corrected chi connectivity index (χ1v) is 16.4. The molecule has 4 atom stereocenters. The molecule has 0 aromatic heterocycles. The lowest BCUT2D eigenvalue weighted by atomic mass is 9.97. The Bertz CT molecular complexity index is 1380. The highest BCUT2D eigenvalue weighted by Crippen LogP contribution is 2.30. The Morgan fingerprint density at radius 2 is 1.68 bits per heavy atom. The molecule has 0 spiro atoms. The molecule has 220 valence electrons. The fourth-order valence-electron chi connectivity index (χ4n) is 6.71. The van der Waals surface area contributed by atoms with E-state index in [0.29, 0.717) is 56.8 Å². The van der Waals surface area contributed by atoms with Crippen LogP contribution in [0.1, 0.15) is 40.7 Å². The molecule has 3 aliphatic heterocycles. The molecule has 41 heavy (non-hydrogen) atoms. The van der Waals surface area contributed by atoms with Crippen LogP contribution in [0, 0.1) is 0 Å². The molecule has 6 rings (SSSR count). The van der Waals surface area contributed by atoms with E-state index < -0.39 is 28.2 Å². The van der Waals surface area contributed by atoms with Crippen molar-refractivity contribution in [2.24, 2.45) is 0 Å². The van der Waals surface area contributed by atoms with Crippen molar-refractivity contribution in [1.29, 1.82) is 0 Å². The number of ether oxygens (including phenoxy) is 2. The van der Waals surface area contributed by atoms with Crippen molar-refractivity contribution in [3.63, 3.8) is 0 Å². The standard InChI is InChI=1S/C30H38N4O6S/c1-41(37,38)32-25-11-10-23-12-15-39-27-9-5-4-8-24(27)30(36)34-14-13-33(19-26(34)29(35)31-18-28(25)40-23)22-16-20-6-2-3-7-21(20)17-22/h2-9,22-23,25-26,28,32H,10-19H2,1H3,(H,31,35)/t23-,25+,26-,28+/m0/s1. The lowest BCUT2D eigenvalue weighted by Gasteiger charge is -2.43. The van der Waals surface area contributed by atoms with E-state index in [4.69, 9.17) is 9.47 Å². The van der Waals surface area contributed by atoms with Crippen molar-refractivity contribution in [3.05, 3.63) is 65.2 Å². The minimum atomic E-state index is -3.46. The van der Waals surface area contributed by atoms with Gasteiger partial charge in [-0.3, -0.25) is 14.5 Å². The number of carbonyl (C=O) groups is 2. The second-order valence-corrected chi connectivity index (χ2v) is 13.4. The molecule has 2 N–H and O–H groups in total. The molecule has 2 fully saturated rings. The predicted octanol–water partition coefficient (Wildman–Crippen LogP) is 1.34. The summed E-state index contributed by atoms with van der Waals surface area (Å²) < 4.78 is 39.2. The van der Waals surface area contributed by atoms with Gasteiger partial charge in [-0.25, -0.2) is 13.1 Å². The zero-order chi connectivity index (χ0) is 28.6. The highest BCUT2D eigenvalue weighted by molar-refractivity contribution is 7.88. The maximum Gasteiger partial charge on any atom is 0.258 e. The molecule has 2 aromatic rings. The number of amides is 2. The van der Waals surface area contributed by atoms with Gasteiger partial charge in [0.05, 0.1) is 30.6 Å². The Hall–Kier alpha value is -2.99. The third kappa shape index (κ3) is 6.28. The van der Waals surface area contributed by atoms with Gasteiger partial charge in [-0.05, 0) is 48.9 Å². The van der Waals surface area contributed by atoms with Gasteiger partial charge >= 0.3 is 0 Å². The summed E-state index contributed by atoms with van der Waals surface area (Å²) in [6.45, 7) is 2.01. The minimum absolute atomic E-state index is 0.146. The molecule has 2 saturated heterocycles. The number of fused-ring (bicyclic) bond motifs is 5. The van der Waals surface area contributed by atoms with Crippen LogP contribution in [0.15, 0.2) is 48.5 Å². The summed E-state index contributed by atoms with van der Waals surface area (Å²) in [6.07, 6.45) is 4.14. The number of rotatable bonds is 3. The zero-order valence-corrected chi connectivity index (χ0v) is 24.1. The molecular weight excluding hydrogens is 544 g/mol. The quantitative estimate of drug-likeness (QED) is 0.561. The van der Waals surface area contributed by atoms with Crippen molar-refractivity contribution in [2.75, 3.05) is 39.0 Å². The van der Waals surface area contributed by atoms with Gasteiger partial charge in [0.15, 0.2) is 0 Å². The Morgan fingerprint density at radius 1 is 0.951 bits per heavy atom. The summed E-state index contributed by atoms with van der Waals surface area (Å²) in [4.78, 5) is 31.8. The van der Waals surface area contributed by atoms with E-state index in [0.717, 1.165) is 19.1 Å². The smallest absolute Gasteiger partial charge is 0.258 e. The first-order chi connectivity index (χ1) is 19.7. The molecule has 0 unspecified atom stereocenters. The van der Waals surface area contributed by atoms with E-state index in [2.05, 4.69) is 39.2 Å². The number of piperazine rings is 1. The van der Waals surface area contributed by atoms with Gasteiger partial charge in [-0.1, -0.05) is 36.4 Å². The third-order valence-corrected chi connectivity index (χ3v) is 9.53.